The van der Waals surface area contributed by atoms with Crippen LogP contribution in [0.4, 0.5) is 15.9 Å². The summed E-state index contributed by atoms with van der Waals surface area (Å²) < 4.78 is 33.3. The highest BCUT2D eigenvalue weighted by atomic mass is 19.1. The molecule has 10 heteroatoms. The van der Waals surface area contributed by atoms with E-state index < -0.39 is 11.8 Å². The first-order valence-electron chi connectivity index (χ1n) is 14.8. The van der Waals surface area contributed by atoms with Gasteiger partial charge in [-0.25, -0.2) is 4.39 Å². The summed E-state index contributed by atoms with van der Waals surface area (Å²) >= 11 is 0. The summed E-state index contributed by atoms with van der Waals surface area (Å²) in [4.78, 5) is 14.5. The lowest BCUT2D eigenvalue weighted by molar-refractivity contribution is -0.0401. The summed E-state index contributed by atoms with van der Waals surface area (Å²) in [6.07, 6.45) is 6.30. The van der Waals surface area contributed by atoms with Gasteiger partial charge in [-0.3, -0.25) is 4.90 Å². The van der Waals surface area contributed by atoms with Crippen molar-refractivity contribution in [3.63, 3.8) is 0 Å². The van der Waals surface area contributed by atoms with Crippen LogP contribution in [0.3, 0.4) is 0 Å². The van der Waals surface area contributed by atoms with E-state index in [1.165, 1.54) is 0 Å². The third-order valence-electron chi connectivity index (χ3n) is 10.4. The van der Waals surface area contributed by atoms with E-state index in [-0.39, 0.29) is 17.5 Å². The molecule has 6 aliphatic rings. The molecular weight excluding hydrogens is 523 g/mol. The molecule has 214 valence electrons. The lowest BCUT2D eigenvalue weighted by atomic mass is 9.73. The maximum atomic E-state index is 14.4. The van der Waals surface area contributed by atoms with E-state index in [9.17, 15) is 9.65 Å². The number of allylic oxidation sites excluding steroid dienone is 1. The van der Waals surface area contributed by atoms with Crippen molar-refractivity contribution >= 4 is 11.5 Å². The van der Waals surface area contributed by atoms with Crippen LogP contribution in [0.25, 0.3) is 0 Å². The minimum absolute atomic E-state index is 0.132. The molecule has 2 aromatic rings. The molecule has 6 atom stereocenters. The topological polar surface area (TPSA) is 110 Å². The van der Waals surface area contributed by atoms with Gasteiger partial charge in [0.05, 0.1) is 42.7 Å². The van der Waals surface area contributed by atoms with Gasteiger partial charge in [0.1, 0.15) is 30.3 Å². The third kappa shape index (κ3) is 3.75. The van der Waals surface area contributed by atoms with E-state index in [1.54, 1.807) is 0 Å². The van der Waals surface area contributed by atoms with Crippen LogP contribution in [0.1, 0.15) is 60.1 Å². The van der Waals surface area contributed by atoms with Crippen LogP contribution in [-0.4, -0.2) is 72.1 Å². The molecule has 1 aromatic carbocycles. The number of hydrogen-bond acceptors (Lipinski definition) is 9. The number of fused-ring (bicyclic) bond motifs is 5. The fourth-order valence-electron chi connectivity index (χ4n) is 8.18. The highest BCUT2D eigenvalue weighted by Gasteiger charge is 2.51. The van der Waals surface area contributed by atoms with Gasteiger partial charge in [0, 0.05) is 48.7 Å². The maximum Gasteiger partial charge on any atom is 0.318 e. The van der Waals surface area contributed by atoms with Gasteiger partial charge in [0.2, 0.25) is 0 Å². The third-order valence-corrected chi connectivity index (χ3v) is 10.4. The number of rotatable bonds is 4. The fourth-order valence-corrected chi connectivity index (χ4v) is 8.18. The van der Waals surface area contributed by atoms with Gasteiger partial charge in [0.15, 0.2) is 0 Å². The molecule has 41 heavy (non-hydrogen) atoms. The largest absolute Gasteiger partial charge is 0.461 e. The molecule has 0 radical (unpaired) electrons. The van der Waals surface area contributed by atoms with E-state index in [2.05, 4.69) is 34.9 Å². The first kappa shape index (κ1) is 25.5. The van der Waals surface area contributed by atoms with Crippen molar-refractivity contribution in [3.05, 3.63) is 52.2 Å². The monoisotopic (exact) mass is 558 g/mol. The van der Waals surface area contributed by atoms with Crippen molar-refractivity contribution in [1.82, 2.24) is 14.9 Å². The van der Waals surface area contributed by atoms with E-state index in [0.717, 1.165) is 60.7 Å². The normalized spacial score (nSPS) is 35.0. The molecular formula is C31H35FN6O3. The molecule has 1 aromatic heterocycles. The Morgan fingerprint density at radius 3 is 3.02 bits per heavy atom. The molecule has 1 aliphatic carbocycles. The number of anilines is 2. The molecule has 4 saturated heterocycles. The number of nitrogen functional groups attached to an aromatic ring is 1. The van der Waals surface area contributed by atoms with Crippen LogP contribution < -0.4 is 15.4 Å². The molecule has 8 rings (SSSR count). The highest BCUT2D eigenvalue weighted by Crippen LogP contribution is 2.49. The Hall–Kier alpha value is -3.26. The molecule has 1 spiro atoms. The van der Waals surface area contributed by atoms with Gasteiger partial charge in [-0.1, -0.05) is 25.1 Å². The predicted octanol–water partition coefficient (Wildman–Crippen LogP) is 3.36. The summed E-state index contributed by atoms with van der Waals surface area (Å²) in [6, 6.07) is 6.77. The number of nitrogens with zero attached hydrogens (tertiary/aromatic N) is 5. The average Bonchev–Trinajstić information content (AvgIpc) is 3.61. The molecule has 5 aliphatic heterocycles. The Balaban J connectivity index is 1.19. The van der Waals surface area contributed by atoms with Crippen LogP contribution in [-0.2, 0) is 28.1 Å². The van der Waals surface area contributed by atoms with Gasteiger partial charge in [0.25, 0.3) is 0 Å². The van der Waals surface area contributed by atoms with Gasteiger partial charge in [-0.05, 0) is 36.9 Å². The Bertz CT molecular complexity index is 1490. The van der Waals surface area contributed by atoms with Crippen LogP contribution in [0.2, 0.25) is 0 Å². The van der Waals surface area contributed by atoms with Crippen molar-refractivity contribution in [2.24, 2.45) is 5.92 Å². The zero-order chi connectivity index (χ0) is 27.9. The second-order valence-corrected chi connectivity index (χ2v) is 12.7. The molecule has 0 amide bonds. The SMILES string of the molecule is CC1C=CC2(Cc3nc(OCC45CCCN4CC(F)C5)nc(N4CC5COCC54)c3CO2)c2c1ccc(N)c2C#N. The van der Waals surface area contributed by atoms with Crippen molar-refractivity contribution in [2.75, 3.05) is 50.1 Å². The standard InChI is InChI=1S/C31H35FN6O3/c1-18-5-7-31(27-21(18)3-4-24(34)22(27)11-33)10-25-23(15-41-31)28(38-12-19-14-39-16-26(19)38)36-29(35-25)40-17-30-6-2-8-37(30)13-20(32)9-30/h3-5,7,18-20,26H,2,6,8-10,12-17,34H2,1H3. The predicted molar refractivity (Wildman–Crippen MR) is 149 cm³/mol. The molecule has 6 heterocycles. The van der Waals surface area contributed by atoms with Crippen molar-refractivity contribution in [2.45, 2.75) is 68.5 Å². The van der Waals surface area contributed by atoms with Crippen LogP contribution >= 0.6 is 0 Å². The molecule has 2 N–H and O–H groups in total. The summed E-state index contributed by atoms with van der Waals surface area (Å²) in [5.41, 5.74) is 9.75. The number of benzene rings is 1. The summed E-state index contributed by atoms with van der Waals surface area (Å²) in [5.74, 6) is 1.47. The van der Waals surface area contributed by atoms with Crippen molar-refractivity contribution in [1.29, 1.82) is 5.26 Å². The van der Waals surface area contributed by atoms with E-state index in [0.29, 0.717) is 62.4 Å². The van der Waals surface area contributed by atoms with E-state index >= 15 is 0 Å². The zero-order valence-electron chi connectivity index (χ0n) is 23.3. The van der Waals surface area contributed by atoms with Gasteiger partial charge >= 0.3 is 6.01 Å². The number of halogens is 1. The smallest absolute Gasteiger partial charge is 0.318 e. The number of ether oxygens (including phenoxy) is 3. The molecule has 9 nitrogen and oxygen atoms in total. The summed E-state index contributed by atoms with van der Waals surface area (Å²) in [5, 5.41) is 10.1. The number of hydrogen-bond donors (Lipinski definition) is 1. The van der Waals surface area contributed by atoms with Crippen LogP contribution in [0, 0.1) is 17.2 Å². The average molecular weight is 559 g/mol. The Morgan fingerprint density at radius 1 is 1.27 bits per heavy atom. The lowest BCUT2D eigenvalue weighted by Gasteiger charge is -2.46. The maximum absolute atomic E-state index is 14.4. The summed E-state index contributed by atoms with van der Waals surface area (Å²) in [6.45, 7) is 6.50. The fraction of sp³-hybridized carbons (Fsp3) is 0.581. The molecule has 0 saturated carbocycles. The number of alkyl halides is 1. The van der Waals surface area contributed by atoms with Gasteiger partial charge in [-0.15, -0.1) is 0 Å². The minimum atomic E-state index is -0.861. The van der Waals surface area contributed by atoms with E-state index in [1.807, 2.05) is 12.1 Å². The molecule has 0 bridgehead atoms. The van der Waals surface area contributed by atoms with Gasteiger partial charge in [-0.2, -0.15) is 15.2 Å². The lowest BCUT2D eigenvalue weighted by Crippen LogP contribution is -2.56. The van der Waals surface area contributed by atoms with Crippen LogP contribution in [0.15, 0.2) is 24.3 Å². The number of aromatic nitrogens is 2. The second kappa shape index (κ2) is 9.12. The Morgan fingerprint density at radius 2 is 2.17 bits per heavy atom. The van der Waals surface area contributed by atoms with E-state index in [4.69, 9.17) is 29.9 Å². The first-order valence-corrected chi connectivity index (χ1v) is 14.8. The van der Waals surface area contributed by atoms with Crippen LogP contribution in [0.5, 0.6) is 6.01 Å². The summed E-state index contributed by atoms with van der Waals surface area (Å²) in [7, 11) is 0. The molecule has 6 unspecified atom stereocenters. The minimum Gasteiger partial charge on any atom is -0.461 e. The quantitative estimate of drug-likeness (QED) is 0.446. The highest BCUT2D eigenvalue weighted by molar-refractivity contribution is 5.66. The van der Waals surface area contributed by atoms with Gasteiger partial charge < -0.3 is 24.8 Å². The molecule has 4 fully saturated rings. The first-order chi connectivity index (χ1) is 19.9. The van der Waals surface area contributed by atoms with Crippen molar-refractivity contribution < 1.29 is 18.6 Å². The number of nitriles is 1. The second-order valence-electron chi connectivity index (χ2n) is 12.7. The Kier molecular flexibility index (Phi) is 5.66. The van der Waals surface area contributed by atoms with Crippen molar-refractivity contribution in [3.8, 4) is 12.1 Å². The Labute approximate surface area is 239 Å². The number of nitrogens with two attached hydrogens (primary N) is 1. The zero-order valence-corrected chi connectivity index (χ0v) is 23.3.